The molecular weight excluding hydrogens is 350 g/mol. The molecular formula is C19H23N3O3S. The molecule has 4 rings (SSSR count). The van der Waals surface area contributed by atoms with Gasteiger partial charge in [0.1, 0.15) is 10.6 Å². The maximum Gasteiger partial charge on any atom is 0.248 e. The molecule has 0 radical (unpaired) electrons. The third kappa shape index (κ3) is 2.85. The molecule has 0 spiro atoms. The third-order valence-electron chi connectivity index (χ3n) is 5.26. The molecule has 0 bridgehead atoms. The number of nitrogens with one attached hydrogen (secondary N) is 1. The van der Waals surface area contributed by atoms with Crippen LogP contribution in [0.4, 0.5) is 0 Å². The largest absolute Gasteiger partial charge is 0.360 e. The molecule has 6 nitrogen and oxygen atoms in total. The number of aromatic nitrogens is 2. The summed E-state index contributed by atoms with van der Waals surface area (Å²) in [6.07, 6.45) is 1.60. The van der Waals surface area contributed by atoms with Gasteiger partial charge in [0.05, 0.1) is 0 Å². The lowest BCUT2D eigenvalue weighted by molar-refractivity contribution is 0.316. The molecule has 0 atom stereocenters. The monoisotopic (exact) mass is 373 g/mol. The predicted molar refractivity (Wildman–Crippen MR) is 99.7 cm³/mol. The predicted octanol–water partition coefficient (Wildman–Crippen LogP) is 3.65. The fourth-order valence-corrected chi connectivity index (χ4v) is 5.63. The Hall–Kier alpha value is -2.12. The summed E-state index contributed by atoms with van der Waals surface area (Å²) in [7, 11) is -3.55. The molecule has 7 heteroatoms. The second-order valence-corrected chi connectivity index (χ2v) is 9.02. The maximum absolute atomic E-state index is 12.9. The highest BCUT2D eigenvalue weighted by atomic mass is 32.2. The molecule has 1 N–H and O–H groups in total. The molecule has 3 heterocycles. The van der Waals surface area contributed by atoms with Gasteiger partial charge in [-0.1, -0.05) is 16.8 Å². The van der Waals surface area contributed by atoms with Crippen molar-refractivity contribution in [2.24, 2.45) is 0 Å². The van der Waals surface area contributed by atoms with Gasteiger partial charge in [0.15, 0.2) is 5.76 Å². The fourth-order valence-electron chi connectivity index (χ4n) is 3.87. The van der Waals surface area contributed by atoms with Gasteiger partial charge in [0, 0.05) is 30.2 Å². The minimum atomic E-state index is -3.55. The summed E-state index contributed by atoms with van der Waals surface area (Å²) in [5.74, 6) is 0.703. The van der Waals surface area contributed by atoms with Crippen molar-refractivity contribution >= 4 is 20.9 Å². The van der Waals surface area contributed by atoms with Crippen LogP contribution in [0.3, 0.4) is 0 Å². The third-order valence-corrected chi connectivity index (χ3v) is 7.40. The standard InChI is InChI=1S/C19H23N3O3S/c1-12-4-5-17-16(10-12)11-18(20-17)15-6-8-22(9-7-15)26(23,24)19-13(2)21-25-14(19)3/h4-5,10-11,15,20H,6-9H2,1-3H3. The zero-order chi connectivity index (χ0) is 18.5. The number of benzene rings is 1. The molecule has 1 fully saturated rings. The number of aryl methyl sites for hydroxylation is 3. The first-order valence-electron chi connectivity index (χ1n) is 8.88. The number of hydrogen-bond acceptors (Lipinski definition) is 4. The lowest BCUT2D eigenvalue weighted by Crippen LogP contribution is -2.38. The SMILES string of the molecule is Cc1ccc2[nH]c(C3CCN(S(=O)(=O)c4c(C)noc4C)CC3)cc2c1. The van der Waals surface area contributed by atoms with Crippen LogP contribution in [0.15, 0.2) is 33.7 Å². The van der Waals surface area contributed by atoms with Crippen LogP contribution in [0.2, 0.25) is 0 Å². The van der Waals surface area contributed by atoms with Crippen LogP contribution in [0.1, 0.15) is 41.5 Å². The van der Waals surface area contributed by atoms with Crippen molar-refractivity contribution in [1.82, 2.24) is 14.4 Å². The molecule has 2 aromatic heterocycles. The molecule has 1 aliphatic rings. The van der Waals surface area contributed by atoms with Gasteiger partial charge in [-0.25, -0.2) is 8.42 Å². The van der Waals surface area contributed by atoms with E-state index < -0.39 is 10.0 Å². The minimum absolute atomic E-state index is 0.219. The van der Waals surface area contributed by atoms with Gasteiger partial charge in [-0.15, -0.1) is 0 Å². The molecule has 3 aromatic rings. The zero-order valence-electron chi connectivity index (χ0n) is 15.2. The van der Waals surface area contributed by atoms with Crippen LogP contribution in [-0.4, -0.2) is 36.0 Å². The average Bonchev–Trinajstić information content (AvgIpc) is 3.18. The van der Waals surface area contributed by atoms with Crippen molar-refractivity contribution in [3.05, 3.63) is 47.0 Å². The van der Waals surface area contributed by atoms with E-state index in [-0.39, 0.29) is 4.90 Å². The first kappa shape index (κ1) is 17.3. The summed E-state index contributed by atoms with van der Waals surface area (Å²) in [6, 6.07) is 8.57. The van der Waals surface area contributed by atoms with E-state index in [1.165, 1.54) is 16.6 Å². The van der Waals surface area contributed by atoms with Crippen molar-refractivity contribution in [2.45, 2.75) is 44.4 Å². The smallest absolute Gasteiger partial charge is 0.248 e. The van der Waals surface area contributed by atoms with Crippen LogP contribution >= 0.6 is 0 Å². The number of nitrogens with zero attached hydrogens (tertiary/aromatic N) is 2. The Morgan fingerprint density at radius 1 is 1.15 bits per heavy atom. The maximum atomic E-state index is 12.9. The second kappa shape index (κ2) is 6.25. The van der Waals surface area contributed by atoms with Gasteiger partial charge < -0.3 is 9.51 Å². The Morgan fingerprint density at radius 3 is 2.54 bits per heavy atom. The summed E-state index contributed by atoms with van der Waals surface area (Å²) in [6.45, 7) is 6.41. The summed E-state index contributed by atoms with van der Waals surface area (Å²) in [5, 5.41) is 5.00. The van der Waals surface area contributed by atoms with E-state index in [0.717, 1.165) is 18.4 Å². The van der Waals surface area contributed by atoms with Crippen LogP contribution in [0, 0.1) is 20.8 Å². The quantitative estimate of drug-likeness (QED) is 0.760. The normalized spacial score (nSPS) is 17.2. The Morgan fingerprint density at radius 2 is 1.88 bits per heavy atom. The van der Waals surface area contributed by atoms with Crippen LogP contribution < -0.4 is 0 Å². The van der Waals surface area contributed by atoms with E-state index in [1.807, 2.05) is 0 Å². The molecule has 26 heavy (non-hydrogen) atoms. The molecule has 0 amide bonds. The number of sulfonamides is 1. The van der Waals surface area contributed by atoms with E-state index in [4.69, 9.17) is 4.52 Å². The van der Waals surface area contributed by atoms with E-state index in [9.17, 15) is 8.42 Å². The van der Waals surface area contributed by atoms with E-state index in [1.54, 1.807) is 18.2 Å². The fraction of sp³-hybridized carbons (Fsp3) is 0.421. The van der Waals surface area contributed by atoms with E-state index >= 15 is 0 Å². The first-order chi connectivity index (χ1) is 12.4. The highest BCUT2D eigenvalue weighted by Gasteiger charge is 2.34. The number of piperidine rings is 1. The summed E-state index contributed by atoms with van der Waals surface area (Å²) >= 11 is 0. The highest BCUT2D eigenvalue weighted by Crippen LogP contribution is 2.33. The average molecular weight is 373 g/mol. The van der Waals surface area contributed by atoms with E-state index in [2.05, 4.69) is 41.3 Å². The molecule has 138 valence electrons. The molecule has 1 aromatic carbocycles. The molecule has 1 aliphatic heterocycles. The number of H-pyrrole nitrogens is 1. The van der Waals surface area contributed by atoms with Crippen molar-refractivity contribution in [2.75, 3.05) is 13.1 Å². The van der Waals surface area contributed by atoms with Gasteiger partial charge in [0.25, 0.3) is 0 Å². The molecule has 0 unspecified atom stereocenters. The van der Waals surface area contributed by atoms with Gasteiger partial charge in [-0.05, 0) is 57.2 Å². The minimum Gasteiger partial charge on any atom is -0.360 e. The Balaban J connectivity index is 1.53. The second-order valence-electron chi connectivity index (χ2n) is 7.15. The van der Waals surface area contributed by atoms with E-state index in [0.29, 0.717) is 30.5 Å². The highest BCUT2D eigenvalue weighted by molar-refractivity contribution is 7.89. The molecule has 1 saturated heterocycles. The summed E-state index contributed by atoms with van der Waals surface area (Å²) < 4.78 is 32.5. The van der Waals surface area contributed by atoms with Gasteiger partial charge in [0.2, 0.25) is 10.0 Å². The topological polar surface area (TPSA) is 79.2 Å². The molecule has 0 saturated carbocycles. The first-order valence-corrected chi connectivity index (χ1v) is 10.3. The van der Waals surface area contributed by atoms with Crippen molar-refractivity contribution in [1.29, 1.82) is 0 Å². The van der Waals surface area contributed by atoms with Crippen molar-refractivity contribution < 1.29 is 12.9 Å². The Labute approximate surface area is 153 Å². The Kier molecular flexibility index (Phi) is 4.16. The number of rotatable bonds is 3. The lowest BCUT2D eigenvalue weighted by Gasteiger charge is -2.30. The lowest BCUT2D eigenvalue weighted by atomic mass is 9.95. The van der Waals surface area contributed by atoms with Crippen LogP contribution in [-0.2, 0) is 10.0 Å². The Bertz CT molecular complexity index is 1040. The van der Waals surface area contributed by atoms with Crippen LogP contribution in [0.25, 0.3) is 10.9 Å². The number of hydrogen-bond donors (Lipinski definition) is 1. The van der Waals surface area contributed by atoms with Gasteiger partial charge >= 0.3 is 0 Å². The van der Waals surface area contributed by atoms with Crippen molar-refractivity contribution in [3.8, 4) is 0 Å². The van der Waals surface area contributed by atoms with Gasteiger partial charge in [-0.2, -0.15) is 4.31 Å². The number of aromatic amines is 1. The van der Waals surface area contributed by atoms with Crippen LogP contribution in [0.5, 0.6) is 0 Å². The summed E-state index contributed by atoms with van der Waals surface area (Å²) in [4.78, 5) is 3.72. The molecule has 0 aliphatic carbocycles. The summed E-state index contributed by atoms with van der Waals surface area (Å²) in [5.41, 5.74) is 4.00. The van der Waals surface area contributed by atoms with Gasteiger partial charge in [-0.3, -0.25) is 0 Å². The zero-order valence-corrected chi connectivity index (χ0v) is 16.1. The number of fused-ring (bicyclic) bond motifs is 1. The van der Waals surface area contributed by atoms with Crippen molar-refractivity contribution in [3.63, 3.8) is 0 Å².